The molecule has 0 bridgehead atoms. The number of carbonyl (C=O) groups is 1. The Labute approximate surface area is 169 Å². The summed E-state index contributed by atoms with van der Waals surface area (Å²) in [5.41, 5.74) is 3.17. The summed E-state index contributed by atoms with van der Waals surface area (Å²) in [7, 11) is 1.64. The summed E-state index contributed by atoms with van der Waals surface area (Å²) in [6.45, 7) is 4.26. The molecule has 1 aromatic heterocycles. The number of methoxy groups -OCH3 is 1. The second-order valence-electron chi connectivity index (χ2n) is 7.12. The Morgan fingerprint density at radius 2 is 1.83 bits per heavy atom. The van der Waals surface area contributed by atoms with Crippen LogP contribution in [-0.2, 0) is 11.3 Å². The molecule has 4 rings (SSSR count). The van der Waals surface area contributed by atoms with E-state index in [-0.39, 0.29) is 5.56 Å². The fourth-order valence-corrected chi connectivity index (χ4v) is 3.59. The standard InChI is InChI=1S/C23H23NO5/c1-27-20-4-2-3-18(13-20)21-14-19(15-24-9-11-28-12-10-24)22(29-21)16-5-7-17(8-6-16)23(25)26/h2-8,13-14H,9-12,15H2,1H3,(H,25,26)/p+1. The van der Waals surface area contributed by atoms with Crippen molar-refractivity contribution < 1.29 is 28.7 Å². The molecule has 0 aliphatic carbocycles. The predicted molar refractivity (Wildman–Crippen MR) is 108 cm³/mol. The van der Waals surface area contributed by atoms with Crippen molar-refractivity contribution in [1.82, 2.24) is 0 Å². The predicted octanol–water partition coefficient (Wildman–Crippen LogP) is 2.74. The number of carboxylic acids is 1. The van der Waals surface area contributed by atoms with Gasteiger partial charge in [-0.3, -0.25) is 0 Å². The van der Waals surface area contributed by atoms with Crippen LogP contribution in [0.4, 0.5) is 0 Å². The van der Waals surface area contributed by atoms with Gasteiger partial charge in [-0.1, -0.05) is 24.3 Å². The van der Waals surface area contributed by atoms with E-state index in [9.17, 15) is 4.79 Å². The third-order valence-electron chi connectivity index (χ3n) is 5.20. The molecule has 0 atom stereocenters. The van der Waals surface area contributed by atoms with Crippen LogP contribution < -0.4 is 9.64 Å². The highest BCUT2D eigenvalue weighted by Crippen LogP contribution is 2.34. The number of benzene rings is 2. The van der Waals surface area contributed by atoms with Crippen molar-refractivity contribution in [2.24, 2.45) is 0 Å². The monoisotopic (exact) mass is 394 g/mol. The molecule has 0 saturated carbocycles. The minimum absolute atomic E-state index is 0.258. The van der Waals surface area contributed by atoms with Crippen molar-refractivity contribution in [2.75, 3.05) is 33.4 Å². The van der Waals surface area contributed by atoms with Crippen molar-refractivity contribution in [2.45, 2.75) is 6.54 Å². The zero-order chi connectivity index (χ0) is 20.2. The van der Waals surface area contributed by atoms with Crippen LogP contribution in [-0.4, -0.2) is 44.5 Å². The Hall–Kier alpha value is -3.09. The highest BCUT2D eigenvalue weighted by Gasteiger charge is 2.21. The van der Waals surface area contributed by atoms with Gasteiger partial charge >= 0.3 is 5.97 Å². The first-order valence-corrected chi connectivity index (χ1v) is 9.66. The Morgan fingerprint density at radius 3 is 2.52 bits per heavy atom. The van der Waals surface area contributed by atoms with E-state index in [1.54, 1.807) is 31.4 Å². The molecule has 2 aromatic carbocycles. The van der Waals surface area contributed by atoms with E-state index in [1.807, 2.05) is 24.3 Å². The number of hydrogen-bond donors (Lipinski definition) is 2. The van der Waals surface area contributed by atoms with Crippen LogP contribution in [0.1, 0.15) is 15.9 Å². The van der Waals surface area contributed by atoms with E-state index >= 15 is 0 Å². The maximum absolute atomic E-state index is 11.2. The maximum atomic E-state index is 11.2. The number of quaternary nitrogens is 1. The molecule has 6 heteroatoms. The van der Waals surface area contributed by atoms with Crippen LogP contribution in [0.2, 0.25) is 0 Å². The molecule has 150 valence electrons. The summed E-state index contributed by atoms with van der Waals surface area (Å²) in [5, 5.41) is 9.17. The number of rotatable bonds is 6. The first kappa shape index (κ1) is 19.2. The molecular formula is C23H24NO5+. The number of nitrogens with one attached hydrogen (secondary N) is 1. The van der Waals surface area contributed by atoms with Gasteiger partial charge in [0.1, 0.15) is 36.9 Å². The Bertz CT molecular complexity index is 987. The lowest BCUT2D eigenvalue weighted by Crippen LogP contribution is -3.12. The van der Waals surface area contributed by atoms with E-state index in [2.05, 4.69) is 6.07 Å². The molecule has 0 radical (unpaired) electrons. The first-order chi connectivity index (χ1) is 14.1. The molecule has 1 fully saturated rings. The topological polar surface area (TPSA) is 73.3 Å². The second kappa shape index (κ2) is 8.51. The molecule has 0 amide bonds. The fraction of sp³-hybridized carbons (Fsp3) is 0.261. The SMILES string of the molecule is COc1cccc(-c2cc(C[NH+]3CCOCC3)c(-c3ccc(C(=O)O)cc3)o2)c1. The number of aromatic carboxylic acids is 1. The van der Waals surface area contributed by atoms with E-state index < -0.39 is 5.97 Å². The number of furan rings is 1. The quantitative estimate of drug-likeness (QED) is 0.673. The summed E-state index contributed by atoms with van der Waals surface area (Å²) in [4.78, 5) is 12.6. The molecule has 0 spiro atoms. The van der Waals surface area contributed by atoms with Crippen LogP contribution in [0.25, 0.3) is 22.6 Å². The molecule has 0 unspecified atom stereocenters. The smallest absolute Gasteiger partial charge is 0.335 e. The maximum Gasteiger partial charge on any atom is 0.335 e. The minimum Gasteiger partial charge on any atom is -0.497 e. The van der Waals surface area contributed by atoms with Crippen molar-refractivity contribution in [1.29, 1.82) is 0 Å². The van der Waals surface area contributed by atoms with Gasteiger partial charge in [-0.05, 0) is 30.3 Å². The summed E-state index contributed by atoms with van der Waals surface area (Å²) in [6, 6.07) is 16.7. The van der Waals surface area contributed by atoms with Crippen LogP contribution >= 0.6 is 0 Å². The van der Waals surface area contributed by atoms with Crippen LogP contribution in [0.3, 0.4) is 0 Å². The summed E-state index contributed by atoms with van der Waals surface area (Å²) >= 11 is 0. The number of carboxylic acid groups (broad SMARTS) is 1. The average Bonchev–Trinajstić information content (AvgIpc) is 3.18. The van der Waals surface area contributed by atoms with Gasteiger partial charge in [-0.2, -0.15) is 0 Å². The molecule has 1 aliphatic heterocycles. The molecule has 29 heavy (non-hydrogen) atoms. The van der Waals surface area contributed by atoms with Crippen LogP contribution in [0.5, 0.6) is 5.75 Å². The summed E-state index contributed by atoms with van der Waals surface area (Å²) in [5.74, 6) is 1.38. The van der Waals surface area contributed by atoms with E-state index in [0.717, 1.165) is 66.8 Å². The van der Waals surface area contributed by atoms with Gasteiger partial charge in [0.25, 0.3) is 0 Å². The highest BCUT2D eigenvalue weighted by molar-refractivity contribution is 5.88. The minimum atomic E-state index is -0.939. The van der Waals surface area contributed by atoms with Gasteiger partial charge in [-0.15, -0.1) is 0 Å². The Morgan fingerprint density at radius 1 is 1.07 bits per heavy atom. The van der Waals surface area contributed by atoms with Gasteiger partial charge < -0.3 is 23.9 Å². The molecular weight excluding hydrogens is 370 g/mol. The number of morpholine rings is 1. The third kappa shape index (κ3) is 4.34. The van der Waals surface area contributed by atoms with Crippen molar-refractivity contribution in [3.05, 3.63) is 65.7 Å². The highest BCUT2D eigenvalue weighted by atomic mass is 16.5. The first-order valence-electron chi connectivity index (χ1n) is 9.66. The largest absolute Gasteiger partial charge is 0.497 e. The summed E-state index contributed by atoms with van der Waals surface area (Å²) in [6.07, 6.45) is 0. The zero-order valence-electron chi connectivity index (χ0n) is 16.3. The lowest BCUT2D eigenvalue weighted by molar-refractivity contribution is -0.921. The van der Waals surface area contributed by atoms with Crippen molar-refractivity contribution in [3.8, 4) is 28.4 Å². The van der Waals surface area contributed by atoms with Crippen LogP contribution in [0, 0.1) is 0 Å². The molecule has 3 aromatic rings. The van der Waals surface area contributed by atoms with Gasteiger partial charge in [0.15, 0.2) is 0 Å². The van der Waals surface area contributed by atoms with Crippen molar-refractivity contribution >= 4 is 5.97 Å². The third-order valence-corrected chi connectivity index (χ3v) is 5.20. The molecule has 1 saturated heterocycles. The lowest BCUT2D eigenvalue weighted by Gasteiger charge is -2.23. The molecule has 2 heterocycles. The summed E-state index contributed by atoms with van der Waals surface area (Å²) < 4.78 is 17.1. The lowest BCUT2D eigenvalue weighted by atomic mass is 10.1. The van der Waals surface area contributed by atoms with Gasteiger partial charge in [-0.25, -0.2) is 4.79 Å². The normalized spacial score (nSPS) is 14.7. The zero-order valence-corrected chi connectivity index (χ0v) is 16.3. The van der Waals surface area contributed by atoms with Gasteiger partial charge in [0.05, 0.1) is 31.5 Å². The van der Waals surface area contributed by atoms with E-state index in [4.69, 9.17) is 19.0 Å². The Balaban J connectivity index is 1.72. The molecule has 2 N–H and O–H groups in total. The van der Waals surface area contributed by atoms with Gasteiger partial charge in [0.2, 0.25) is 0 Å². The number of ether oxygens (including phenoxy) is 2. The van der Waals surface area contributed by atoms with Gasteiger partial charge in [0, 0.05) is 11.1 Å². The van der Waals surface area contributed by atoms with E-state index in [1.165, 1.54) is 4.90 Å². The molecule has 1 aliphatic rings. The van der Waals surface area contributed by atoms with E-state index in [0.29, 0.717) is 0 Å². The average molecular weight is 394 g/mol. The van der Waals surface area contributed by atoms with Crippen LogP contribution in [0.15, 0.2) is 59.0 Å². The second-order valence-corrected chi connectivity index (χ2v) is 7.12. The molecule has 6 nitrogen and oxygen atoms in total. The fourth-order valence-electron chi connectivity index (χ4n) is 3.59. The Kier molecular flexibility index (Phi) is 5.64. The number of hydrogen-bond acceptors (Lipinski definition) is 4. The van der Waals surface area contributed by atoms with Crippen molar-refractivity contribution in [3.63, 3.8) is 0 Å².